The maximum Gasteiger partial charge on any atom is 0.227 e. The average Bonchev–Trinajstić information content (AvgIpc) is 3.33. The van der Waals surface area contributed by atoms with Crippen LogP contribution in [0.15, 0.2) is 43.1 Å². The Morgan fingerprint density at radius 2 is 2.04 bits per heavy atom. The Hall–Kier alpha value is -2.70. The van der Waals surface area contributed by atoms with Crippen LogP contribution in [0.25, 0.3) is 0 Å². The van der Waals surface area contributed by atoms with Crippen LogP contribution in [0.2, 0.25) is 0 Å². The summed E-state index contributed by atoms with van der Waals surface area (Å²) < 4.78 is 2.10. The number of piperidine rings is 1. The first-order chi connectivity index (χ1) is 13.2. The summed E-state index contributed by atoms with van der Waals surface area (Å²) in [5, 5.41) is 0. The number of hydrogen-bond donors (Lipinski definition) is 0. The number of aromatic nitrogens is 3. The van der Waals surface area contributed by atoms with E-state index < -0.39 is 0 Å². The first-order valence-electron chi connectivity index (χ1n) is 9.61. The van der Waals surface area contributed by atoms with Crippen LogP contribution in [-0.4, -0.2) is 55.8 Å². The van der Waals surface area contributed by atoms with Crippen LogP contribution in [0, 0.1) is 11.8 Å². The summed E-state index contributed by atoms with van der Waals surface area (Å²) in [6, 6.07) is 5.69. The highest BCUT2D eigenvalue weighted by molar-refractivity contribution is 5.89. The lowest BCUT2D eigenvalue weighted by atomic mass is 9.95. The predicted octanol–water partition coefficient (Wildman–Crippen LogP) is 1.57. The zero-order valence-corrected chi connectivity index (χ0v) is 15.4. The number of nitrogens with zero attached hydrogens (tertiary/aromatic N) is 5. The van der Waals surface area contributed by atoms with E-state index in [0.717, 1.165) is 38.2 Å². The van der Waals surface area contributed by atoms with E-state index >= 15 is 0 Å². The average molecular weight is 367 g/mol. The van der Waals surface area contributed by atoms with E-state index in [1.807, 2.05) is 35.6 Å². The molecule has 0 aromatic carbocycles. The molecular formula is C20H25N5O2. The minimum atomic E-state index is -0.216. The highest BCUT2D eigenvalue weighted by Crippen LogP contribution is 2.25. The molecule has 142 valence electrons. The van der Waals surface area contributed by atoms with Gasteiger partial charge in [-0.1, -0.05) is 6.07 Å². The highest BCUT2D eigenvalue weighted by Gasteiger charge is 2.37. The van der Waals surface area contributed by atoms with E-state index in [-0.39, 0.29) is 17.7 Å². The number of carbonyl (C=O) groups excluding carboxylic acids is 2. The van der Waals surface area contributed by atoms with Crippen molar-refractivity contribution in [3.63, 3.8) is 0 Å². The largest absolute Gasteiger partial charge is 0.342 e. The van der Waals surface area contributed by atoms with Crippen molar-refractivity contribution in [3.8, 4) is 0 Å². The molecular weight excluding hydrogens is 342 g/mol. The van der Waals surface area contributed by atoms with Gasteiger partial charge in [0.2, 0.25) is 11.8 Å². The van der Waals surface area contributed by atoms with Crippen LogP contribution in [0.1, 0.15) is 25.0 Å². The molecule has 2 aromatic heterocycles. The summed E-state index contributed by atoms with van der Waals surface area (Å²) in [4.78, 5) is 37.3. The van der Waals surface area contributed by atoms with Gasteiger partial charge in [-0.05, 0) is 30.9 Å². The molecule has 2 saturated heterocycles. The van der Waals surface area contributed by atoms with E-state index in [1.165, 1.54) is 0 Å². The molecule has 4 heterocycles. The van der Waals surface area contributed by atoms with Gasteiger partial charge >= 0.3 is 0 Å². The molecule has 2 fully saturated rings. The molecule has 27 heavy (non-hydrogen) atoms. The summed E-state index contributed by atoms with van der Waals surface area (Å²) in [7, 11) is 0. The molecule has 0 radical (unpaired) electrons. The fraction of sp³-hybridized carbons (Fsp3) is 0.500. The number of carbonyl (C=O) groups is 2. The zero-order chi connectivity index (χ0) is 18.6. The monoisotopic (exact) mass is 367 g/mol. The Balaban J connectivity index is 1.28. The van der Waals surface area contributed by atoms with Gasteiger partial charge in [0.15, 0.2) is 0 Å². The van der Waals surface area contributed by atoms with Gasteiger partial charge in [-0.3, -0.25) is 14.6 Å². The first kappa shape index (κ1) is 17.7. The quantitative estimate of drug-likeness (QED) is 0.804. The standard InChI is InChI=1S/C20H25N5O2/c26-19-11-17(13-25(19)14-18-3-1-2-6-22-18)20(27)24-8-4-16(5-9-24)12-23-10-7-21-15-23/h1-3,6-7,10,15-17H,4-5,8-9,11-14H2/t17-/m0/s1. The molecule has 0 N–H and O–H groups in total. The molecule has 2 aliphatic rings. The lowest BCUT2D eigenvalue weighted by Crippen LogP contribution is -2.43. The third kappa shape index (κ3) is 4.18. The van der Waals surface area contributed by atoms with Crippen LogP contribution in [0.3, 0.4) is 0 Å². The Labute approximate surface area is 159 Å². The normalized spacial score (nSPS) is 21.0. The van der Waals surface area contributed by atoms with E-state index in [2.05, 4.69) is 14.5 Å². The van der Waals surface area contributed by atoms with Crippen molar-refractivity contribution in [1.82, 2.24) is 24.3 Å². The van der Waals surface area contributed by atoms with Gasteiger partial charge in [0.25, 0.3) is 0 Å². The number of imidazole rings is 1. The Morgan fingerprint density at radius 3 is 2.74 bits per heavy atom. The summed E-state index contributed by atoms with van der Waals surface area (Å²) in [6.07, 6.45) is 9.68. The molecule has 2 aliphatic heterocycles. The van der Waals surface area contributed by atoms with Gasteiger partial charge in [-0.25, -0.2) is 4.98 Å². The van der Waals surface area contributed by atoms with Crippen molar-refractivity contribution in [2.45, 2.75) is 32.4 Å². The number of hydrogen-bond acceptors (Lipinski definition) is 4. The summed E-state index contributed by atoms with van der Waals surface area (Å²) in [6.45, 7) is 3.51. The lowest BCUT2D eigenvalue weighted by Gasteiger charge is -2.33. The van der Waals surface area contributed by atoms with Crippen molar-refractivity contribution in [2.75, 3.05) is 19.6 Å². The van der Waals surface area contributed by atoms with Crippen LogP contribution < -0.4 is 0 Å². The number of pyridine rings is 1. The molecule has 0 unspecified atom stereocenters. The molecule has 7 heteroatoms. The highest BCUT2D eigenvalue weighted by atomic mass is 16.2. The second kappa shape index (κ2) is 7.90. The van der Waals surface area contributed by atoms with Crippen molar-refractivity contribution >= 4 is 11.8 Å². The van der Waals surface area contributed by atoms with Crippen LogP contribution in [-0.2, 0) is 22.7 Å². The molecule has 0 aliphatic carbocycles. The lowest BCUT2D eigenvalue weighted by molar-refractivity contribution is -0.137. The van der Waals surface area contributed by atoms with E-state index in [1.54, 1.807) is 17.3 Å². The van der Waals surface area contributed by atoms with Crippen molar-refractivity contribution < 1.29 is 9.59 Å². The number of likely N-dealkylation sites (tertiary alicyclic amines) is 2. The van der Waals surface area contributed by atoms with Gasteiger partial charge in [0.1, 0.15) is 0 Å². The Kier molecular flexibility index (Phi) is 5.18. The topological polar surface area (TPSA) is 71.3 Å². The minimum Gasteiger partial charge on any atom is -0.342 e. The Morgan fingerprint density at radius 1 is 1.19 bits per heavy atom. The minimum absolute atomic E-state index is 0.0500. The Bertz CT molecular complexity index is 769. The van der Waals surface area contributed by atoms with Crippen molar-refractivity contribution in [3.05, 3.63) is 48.8 Å². The van der Waals surface area contributed by atoms with Crippen LogP contribution in [0.4, 0.5) is 0 Å². The number of rotatable bonds is 5. The fourth-order valence-corrected chi connectivity index (χ4v) is 4.06. The van der Waals surface area contributed by atoms with Crippen molar-refractivity contribution in [1.29, 1.82) is 0 Å². The maximum atomic E-state index is 12.9. The van der Waals surface area contributed by atoms with Gasteiger partial charge in [-0.15, -0.1) is 0 Å². The number of amides is 2. The summed E-state index contributed by atoms with van der Waals surface area (Å²) in [5.74, 6) is 0.544. The molecule has 1 atom stereocenters. The molecule has 4 rings (SSSR count). The third-order valence-corrected chi connectivity index (χ3v) is 5.60. The molecule has 0 spiro atoms. The molecule has 2 aromatic rings. The van der Waals surface area contributed by atoms with E-state index in [9.17, 15) is 9.59 Å². The van der Waals surface area contributed by atoms with Crippen LogP contribution >= 0.6 is 0 Å². The second-order valence-electron chi connectivity index (χ2n) is 7.52. The van der Waals surface area contributed by atoms with Gasteiger partial charge in [0.05, 0.1) is 24.5 Å². The van der Waals surface area contributed by atoms with Gasteiger partial charge in [-0.2, -0.15) is 0 Å². The fourth-order valence-electron chi connectivity index (χ4n) is 4.06. The predicted molar refractivity (Wildman–Crippen MR) is 99.3 cm³/mol. The summed E-state index contributed by atoms with van der Waals surface area (Å²) >= 11 is 0. The smallest absolute Gasteiger partial charge is 0.227 e. The molecule has 7 nitrogen and oxygen atoms in total. The van der Waals surface area contributed by atoms with Crippen LogP contribution in [0.5, 0.6) is 0 Å². The SMILES string of the molecule is O=C1C[C@H](C(=O)N2CCC(Cn3ccnc3)CC2)CN1Cc1ccccn1. The first-order valence-corrected chi connectivity index (χ1v) is 9.61. The molecule has 2 amide bonds. The summed E-state index contributed by atoms with van der Waals surface area (Å²) in [5.41, 5.74) is 0.860. The molecule has 0 saturated carbocycles. The second-order valence-corrected chi connectivity index (χ2v) is 7.52. The zero-order valence-electron chi connectivity index (χ0n) is 15.4. The maximum absolute atomic E-state index is 12.9. The van der Waals surface area contributed by atoms with Gasteiger partial charge < -0.3 is 14.4 Å². The third-order valence-electron chi connectivity index (χ3n) is 5.60. The van der Waals surface area contributed by atoms with Gasteiger partial charge in [0, 0.05) is 51.2 Å². The molecule has 0 bridgehead atoms. The van der Waals surface area contributed by atoms with E-state index in [4.69, 9.17) is 0 Å². The van der Waals surface area contributed by atoms with Crippen molar-refractivity contribution in [2.24, 2.45) is 11.8 Å². The van der Waals surface area contributed by atoms with E-state index in [0.29, 0.717) is 25.4 Å².